The highest BCUT2D eigenvalue weighted by atomic mass is 32.1. The third-order valence-corrected chi connectivity index (χ3v) is 6.40. The fraction of sp³-hybridized carbons (Fsp3) is 0.263. The number of hydrogen-bond acceptors (Lipinski definition) is 6. The first-order valence-electron chi connectivity index (χ1n) is 8.73. The van der Waals surface area contributed by atoms with Crippen molar-refractivity contribution in [3.63, 3.8) is 0 Å². The Bertz CT molecular complexity index is 924. The first-order chi connectivity index (χ1) is 13.2. The van der Waals surface area contributed by atoms with Crippen LogP contribution >= 0.6 is 22.7 Å². The monoisotopic (exact) mass is 398 g/mol. The number of piperidine rings is 1. The van der Waals surface area contributed by atoms with E-state index in [9.17, 15) is 9.59 Å². The van der Waals surface area contributed by atoms with E-state index in [2.05, 4.69) is 15.5 Å². The zero-order valence-electron chi connectivity index (χ0n) is 14.5. The molecule has 0 bridgehead atoms. The van der Waals surface area contributed by atoms with E-state index in [-0.39, 0.29) is 17.7 Å². The van der Waals surface area contributed by atoms with Crippen LogP contribution in [0, 0.1) is 0 Å². The number of nitrogens with one attached hydrogen (secondary N) is 1. The number of rotatable bonds is 4. The molecule has 1 aromatic carbocycles. The average Bonchev–Trinajstić information content (AvgIpc) is 3.40. The van der Waals surface area contributed by atoms with Crippen LogP contribution in [0.5, 0.6) is 0 Å². The second-order valence-corrected chi connectivity index (χ2v) is 8.29. The minimum atomic E-state index is -0.257. The number of para-hydroxylation sites is 1. The van der Waals surface area contributed by atoms with Crippen LogP contribution in [0.4, 0.5) is 5.69 Å². The van der Waals surface area contributed by atoms with E-state index in [4.69, 9.17) is 0 Å². The molecule has 3 heterocycles. The van der Waals surface area contributed by atoms with Crippen LogP contribution in [0.1, 0.15) is 43.2 Å². The lowest BCUT2D eigenvalue weighted by Crippen LogP contribution is -2.38. The molecular formula is C19H18N4O2S2. The Morgan fingerprint density at radius 1 is 1.11 bits per heavy atom. The van der Waals surface area contributed by atoms with E-state index in [1.54, 1.807) is 0 Å². The van der Waals surface area contributed by atoms with E-state index in [0.717, 1.165) is 35.0 Å². The smallest absolute Gasteiger partial charge is 0.286 e. The van der Waals surface area contributed by atoms with Gasteiger partial charge in [-0.1, -0.05) is 35.6 Å². The van der Waals surface area contributed by atoms with Crippen molar-refractivity contribution in [3.8, 4) is 0 Å². The van der Waals surface area contributed by atoms with Crippen LogP contribution in [0.15, 0.2) is 47.8 Å². The number of anilines is 1. The van der Waals surface area contributed by atoms with Gasteiger partial charge in [0.25, 0.3) is 11.8 Å². The molecule has 0 radical (unpaired) electrons. The number of benzene rings is 1. The van der Waals surface area contributed by atoms with Crippen molar-refractivity contribution < 1.29 is 9.59 Å². The summed E-state index contributed by atoms with van der Waals surface area (Å²) < 4.78 is 0. The summed E-state index contributed by atoms with van der Waals surface area (Å²) in [4.78, 5) is 27.6. The Kier molecular flexibility index (Phi) is 5.26. The number of carbonyl (C=O) groups is 2. The topological polar surface area (TPSA) is 75.2 Å². The predicted octanol–water partition coefficient (Wildman–Crippen LogP) is 3.87. The highest BCUT2D eigenvalue weighted by Gasteiger charge is 2.28. The number of hydrogen-bond donors (Lipinski definition) is 1. The van der Waals surface area contributed by atoms with Crippen molar-refractivity contribution in [2.24, 2.45) is 0 Å². The minimum Gasteiger partial charge on any atom is -0.337 e. The summed E-state index contributed by atoms with van der Waals surface area (Å²) in [7, 11) is 0. The molecule has 1 atom stereocenters. The number of nitrogens with zero attached hydrogens (tertiary/aromatic N) is 3. The Morgan fingerprint density at radius 3 is 2.74 bits per heavy atom. The molecule has 6 nitrogen and oxygen atoms in total. The van der Waals surface area contributed by atoms with E-state index >= 15 is 0 Å². The molecule has 1 fully saturated rings. The van der Waals surface area contributed by atoms with Gasteiger partial charge in [-0.3, -0.25) is 9.59 Å². The third kappa shape index (κ3) is 4.06. The van der Waals surface area contributed by atoms with Crippen LogP contribution in [-0.2, 0) is 0 Å². The molecule has 0 unspecified atom stereocenters. The number of aromatic nitrogens is 2. The number of amides is 2. The van der Waals surface area contributed by atoms with Gasteiger partial charge in [-0.05, 0) is 36.4 Å². The summed E-state index contributed by atoms with van der Waals surface area (Å²) in [6.07, 6.45) is 1.87. The first-order valence-corrected chi connectivity index (χ1v) is 10.4. The minimum absolute atomic E-state index is 0.0706. The van der Waals surface area contributed by atoms with Crippen LogP contribution in [0.3, 0.4) is 0 Å². The van der Waals surface area contributed by atoms with Gasteiger partial charge in [0.2, 0.25) is 5.01 Å². The zero-order chi connectivity index (χ0) is 18.6. The molecule has 27 heavy (non-hydrogen) atoms. The highest BCUT2D eigenvalue weighted by molar-refractivity contribution is 7.13. The second kappa shape index (κ2) is 7.98. The van der Waals surface area contributed by atoms with Crippen molar-refractivity contribution in [1.82, 2.24) is 15.1 Å². The lowest BCUT2D eigenvalue weighted by molar-refractivity contribution is 0.0711. The number of thiophene rings is 1. The SMILES string of the molecule is O=C(Nc1ccccc1)c1nnc([C@@H]2CCCN(C(=O)c3cccs3)C2)s1. The average molecular weight is 399 g/mol. The van der Waals surface area contributed by atoms with E-state index in [0.29, 0.717) is 11.6 Å². The van der Waals surface area contributed by atoms with Gasteiger partial charge in [-0.25, -0.2) is 0 Å². The van der Waals surface area contributed by atoms with Crippen LogP contribution in [-0.4, -0.2) is 40.0 Å². The Balaban J connectivity index is 1.43. The predicted molar refractivity (Wildman–Crippen MR) is 107 cm³/mol. The number of carbonyl (C=O) groups excluding carboxylic acids is 2. The van der Waals surface area contributed by atoms with Gasteiger partial charge in [0, 0.05) is 24.7 Å². The van der Waals surface area contributed by atoms with Gasteiger partial charge in [-0.15, -0.1) is 21.5 Å². The molecule has 0 spiro atoms. The van der Waals surface area contributed by atoms with Crippen LogP contribution in [0.25, 0.3) is 0 Å². The summed E-state index contributed by atoms with van der Waals surface area (Å²) in [5.41, 5.74) is 0.727. The highest BCUT2D eigenvalue weighted by Crippen LogP contribution is 2.30. The lowest BCUT2D eigenvalue weighted by atomic mass is 9.98. The molecule has 3 aromatic rings. The molecule has 8 heteroatoms. The molecule has 2 aromatic heterocycles. The molecule has 2 amide bonds. The maximum Gasteiger partial charge on any atom is 0.286 e. The lowest BCUT2D eigenvalue weighted by Gasteiger charge is -2.31. The zero-order valence-corrected chi connectivity index (χ0v) is 16.1. The first kappa shape index (κ1) is 17.8. The van der Waals surface area contributed by atoms with Crippen molar-refractivity contribution in [2.75, 3.05) is 18.4 Å². The van der Waals surface area contributed by atoms with Crippen molar-refractivity contribution in [3.05, 3.63) is 62.7 Å². The molecule has 1 saturated heterocycles. The van der Waals surface area contributed by atoms with Crippen molar-refractivity contribution in [2.45, 2.75) is 18.8 Å². The molecule has 1 N–H and O–H groups in total. The van der Waals surface area contributed by atoms with E-state index < -0.39 is 0 Å². The van der Waals surface area contributed by atoms with Gasteiger partial charge in [0.05, 0.1) is 4.88 Å². The van der Waals surface area contributed by atoms with Gasteiger partial charge in [-0.2, -0.15) is 0 Å². The van der Waals surface area contributed by atoms with Gasteiger partial charge in [0.1, 0.15) is 5.01 Å². The van der Waals surface area contributed by atoms with Crippen molar-refractivity contribution in [1.29, 1.82) is 0 Å². The summed E-state index contributed by atoms with van der Waals surface area (Å²) in [5, 5.41) is 14.2. The normalized spacial score (nSPS) is 16.9. The molecule has 1 aliphatic rings. The Labute approximate surface area is 164 Å². The fourth-order valence-electron chi connectivity index (χ4n) is 3.12. The fourth-order valence-corrected chi connectivity index (χ4v) is 4.67. The van der Waals surface area contributed by atoms with E-state index in [1.807, 2.05) is 52.7 Å². The molecule has 138 valence electrons. The third-order valence-electron chi connectivity index (χ3n) is 4.46. The summed E-state index contributed by atoms with van der Waals surface area (Å²) >= 11 is 2.77. The maximum absolute atomic E-state index is 12.6. The largest absolute Gasteiger partial charge is 0.337 e. The van der Waals surface area contributed by atoms with Gasteiger partial charge in [0.15, 0.2) is 0 Å². The second-order valence-electron chi connectivity index (χ2n) is 6.33. The quantitative estimate of drug-likeness (QED) is 0.724. The Morgan fingerprint density at radius 2 is 1.96 bits per heavy atom. The number of likely N-dealkylation sites (tertiary alicyclic amines) is 1. The summed E-state index contributed by atoms with van der Waals surface area (Å²) in [5.74, 6) is -0.0630. The van der Waals surface area contributed by atoms with Crippen LogP contribution < -0.4 is 5.32 Å². The molecule has 1 aliphatic heterocycles. The van der Waals surface area contributed by atoms with Crippen LogP contribution in [0.2, 0.25) is 0 Å². The standard InChI is InChI=1S/C19H18N4O2S2/c24-16(20-14-7-2-1-3-8-14)18-22-21-17(27-18)13-6-4-10-23(12-13)19(25)15-9-5-11-26-15/h1-3,5,7-9,11,13H,4,6,10,12H2,(H,20,24)/t13-/m1/s1. The Hall–Kier alpha value is -2.58. The molecule has 0 aliphatic carbocycles. The van der Waals surface area contributed by atoms with Gasteiger partial charge < -0.3 is 10.2 Å². The maximum atomic E-state index is 12.6. The molecular weight excluding hydrogens is 380 g/mol. The van der Waals surface area contributed by atoms with E-state index in [1.165, 1.54) is 22.7 Å². The van der Waals surface area contributed by atoms with Crippen molar-refractivity contribution >= 4 is 40.2 Å². The molecule has 4 rings (SSSR count). The summed E-state index contributed by atoms with van der Waals surface area (Å²) in [6, 6.07) is 13.0. The van der Waals surface area contributed by atoms with Gasteiger partial charge >= 0.3 is 0 Å². The summed E-state index contributed by atoms with van der Waals surface area (Å²) in [6.45, 7) is 1.37. The molecule has 0 saturated carbocycles.